The van der Waals surface area contributed by atoms with Crippen molar-refractivity contribution in [1.29, 1.82) is 0 Å². The van der Waals surface area contributed by atoms with E-state index < -0.39 is 0 Å². The molecule has 8 aliphatic rings. The maximum absolute atomic E-state index is 11.3. The topological polar surface area (TPSA) is 80.9 Å². The zero-order valence-corrected chi connectivity index (χ0v) is 39.3. The van der Waals surface area contributed by atoms with Gasteiger partial charge in [0, 0.05) is 0 Å². The average molecular weight is 805 g/mol. The maximum Gasteiger partial charge on any atom is 0.0757 e. The summed E-state index contributed by atoms with van der Waals surface area (Å²) in [6.45, 7) is 24.5. The van der Waals surface area contributed by atoms with Crippen LogP contribution in [0.2, 0.25) is 0 Å². The molecule has 0 bridgehead atoms. The molecule has 0 heterocycles. The molecule has 0 aromatic carbocycles. The van der Waals surface area contributed by atoms with E-state index in [1.165, 1.54) is 101 Å². The summed E-state index contributed by atoms with van der Waals surface area (Å²) >= 11 is 0. The second kappa shape index (κ2) is 17.5. The van der Waals surface area contributed by atoms with Crippen molar-refractivity contribution in [2.45, 2.75) is 222 Å². The highest BCUT2D eigenvalue weighted by Crippen LogP contribution is 2.69. The van der Waals surface area contributed by atoms with Crippen LogP contribution in [0.25, 0.3) is 0 Å². The molecule has 0 aromatic heterocycles. The van der Waals surface area contributed by atoms with Gasteiger partial charge in [0.2, 0.25) is 0 Å². The lowest BCUT2D eigenvalue weighted by atomic mass is 9.46. The van der Waals surface area contributed by atoms with Crippen molar-refractivity contribution in [1.82, 2.24) is 0 Å². The minimum Gasteiger partial charge on any atom is -0.393 e. The third-order valence-electron chi connectivity index (χ3n) is 20.6. The van der Waals surface area contributed by atoms with Crippen molar-refractivity contribution in [3.05, 3.63) is 23.3 Å². The number of fused-ring (bicyclic) bond motifs is 10. The van der Waals surface area contributed by atoms with E-state index in [4.69, 9.17) is 0 Å². The van der Waals surface area contributed by atoms with Gasteiger partial charge in [-0.25, -0.2) is 0 Å². The van der Waals surface area contributed by atoms with Crippen molar-refractivity contribution in [3.8, 4) is 0 Å². The first-order chi connectivity index (χ1) is 27.3. The molecule has 4 N–H and O–H groups in total. The van der Waals surface area contributed by atoms with Gasteiger partial charge in [0.15, 0.2) is 0 Å². The predicted octanol–water partition coefficient (Wildman–Crippen LogP) is 12.7. The number of hydrogen-bond acceptors (Lipinski definition) is 4. The molecule has 0 spiro atoms. The van der Waals surface area contributed by atoms with Crippen LogP contribution >= 0.6 is 0 Å². The van der Waals surface area contributed by atoms with Crippen LogP contribution in [-0.2, 0) is 0 Å². The molecule has 1 unspecified atom stereocenters. The van der Waals surface area contributed by atoms with Crippen LogP contribution in [0.5, 0.6) is 0 Å². The first-order valence-corrected chi connectivity index (χ1v) is 25.5. The molecule has 18 atom stereocenters. The van der Waals surface area contributed by atoms with Crippen LogP contribution in [0, 0.1) is 92.7 Å². The third kappa shape index (κ3) is 8.17. The molecule has 8 aliphatic carbocycles. The summed E-state index contributed by atoms with van der Waals surface area (Å²) in [6.07, 6.45) is 27.8. The van der Waals surface area contributed by atoms with Crippen molar-refractivity contribution >= 4 is 0 Å². The predicted molar refractivity (Wildman–Crippen MR) is 241 cm³/mol. The van der Waals surface area contributed by atoms with E-state index in [1.54, 1.807) is 0 Å². The lowest BCUT2D eigenvalue weighted by molar-refractivity contribution is -0.0971. The second-order valence-corrected chi connectivity index (χ2v) is 24.6. The van der Waals surface area contributed by atoms with Gasteiger partial charge in [-0.1, -0.05) is 131 Å². The van der Waals surface area contributed by atoms with Gasteiger partial charge in [0.1, 0.15) is 0 Å². The molecular weight excluding hydrogens is 713 g/mol. The minimum atomic E-state index is -0.298. The number of aliphatic hydroxyl groups excluding tert-OH is 4. The molecule has 332 valence electrons. The van der Waals surface area contributed by atoms with Crippen LogP contribution in [0.3, 0.4) is 0 Å². The van der Waals surface area contributed by atoms with Crippen LogP contribution < -0.4 is 0 Å². The lowest BCUT2D eigenvalue weighted by Crippen LogP contribution is -2.54. The fraction of sp³-hybridized carbons (Fsp3) is 0.926. The summed E-state index contributed by atoms with van der Waals surface area (Å²) in [7, 11) is 0. The second-order valence-electron chi connectivity index (χ2n) is 24.6. The summed E-state index contributed by atoms with van der Waals surface area (Å²) in [5.74, 6) is 8.37. The summed E-state index contributed by atoms with van der Waals surface area (Å²) in [5.41, 5.74) is 3.98. The molecule has 0 saturated heterocycles. The highest BCUT2D eigenvalue weighted by molar-refractivity contribution is 5.29. The van der Waals surface area contributed by atoms with Gasteiger partial charge < -0.3 is 20.4 Å². The monoisotopic (exact) mass is 805 g/mol. The van der Waals surface area contributed by atoms with Gasteiger partial charge in [-0.15, -0.1) is 0 Å². The van der Waals surface area contributed by atoms with Gasteiger partial charge in [0.05, 0.1) is 24.4 Å². The van der Waals surface area contributed by atoms with Gasteiger partial charge in [-0.2, -0.15) is 0 Å². The van der Waals surface area contributed by atoms with Crippen molar-refractivity contribution in [2.24, 2.45) is 92.7 Å². The molecule has 4 heteroatoms. The van der Waals surface area contributed by atoms with E-state index in [-0.39, 0.29) is 35.2 Å². The molecular formula is C54H92O4. The number of aliphatic hydroxyl groups is 4. The summed E-state index contributed by atoms with van der Waals surface area (Å²) in [5, 5.41) is 43.0. The first kappa shape index (κ1) is 45.3. The fourth-order valence-corrected chi connectivity index (χ4v) is 17.3. The largest absolute Gasteiger partial charge is 0.393 e. The molecule has 6 fully saturated rings. The van der Waals surface area contributed by atoms with Crippen LogP contribution in [-0.4, -0.2) is 44.8 Å². The number of hydrogen-bond donors (Lipinski definition) is 4. The van der Waals surface area contributed by atoms with Gasteiger partial charge in [0.25, 0.3) is 0 Å². The molecule has 0 amide bonds. The molecule has 0 radical (unpaired) electrons. The highest BCUT2D eigenvalue weighted by atomic mass is 16.3. The van der Waals surface area contributed by atoms with Crippen LogP contribution in [0.4, 0.5) is 0 Å². The Kier molecular flexibility index (Phi) is 13.7. The van der Waals surface area contributed by atoms with E-state index in [1.807, 2.05) is 0 Å². The third-order valence-corrected chi connectivity index (χ3v) is 20.6. The van der Waals surface area contributed by atoms with Gasteiger partial charge in [-0.3, -0.25) is 0 Å². The Morgan fingerprint density at radius 2 is 0.862 bits per heavy atom. The van der Waals surface area contributed by atoms with E-state index in [0.29, 0.717) is 46.3 Å². The van der Waals surface area contributed by atoms with E-state index in [0.717, 1.165) is 74.0 Å². The Hall–Kier alpha value is -0.680. The lowest BCUT2D eigenvalue weighted by Gasteiger charge is -2.59. The average Bonchev–Trinajstić information content (AvgIpc) is 3.70. The Balaban J connectivity index is 0.000000177. The van der Waals surface area contributed by atoms with Crippen molar-refractivity contribution in [2.75, 3.05) is 0 Å². The zero-order chi connectivity index (χ0) is 41.9. The molecule has 0 aromatic rings. The Bertz CT molecular complexity index is 1360. The molecule has 8 rings (SSSR count). The molecule has 6 saturated carbocycles. The first-order valence-electron chi connectivity index (χ1n) is 25.5. The Labute approximate surface area is 357 Å². The zero-order valence-electron chi connectivity index (χ0n) is 39.3. The summed E-state index contributed by atoms with van der Waals surface area (Å²) in [4.78, 5) is 0. The fourth-order valence-electron chi connectivity index (χ4n) is 17.3. The Morgan fingerprint density at radius 3 is 1.22 bits per heavy atom. The van der Waals surface area contributed by atoms with Crippen molar-refractivity contribution in [3.63, 3.8) is 0 Å². The van der Waals surface area contributed by atoms with Gasteiger partial charge >= 0.3 is 0 Å². The van der Waals surface area contributed by atoms with E-state index >= 15 is 0 Å². The highest BCUT2D eigenvalue weighted by Gasteiger charge is 2.63. The SMILES string of the molecule is CC(C)CCC[C@@H](C)[C@H]1CC[C@H]2[C@@H]3C(O)C=C4C[C@@H](O)CC[C@]4(C)[C@H]3CC[C@]12C.CC(C)CCC[C@@H](C)[C@H]1CC[C@H]2[C@@H]3[C@@H](O)C=C4C[C@@H](O)CC[C@]4(C)[C@H]3CC[C@]12C. The molecule has 4 nitrogen and oxygen atoms in total. The van der Waals surface area contributed by atoms with E-state index in [9.17, 15) is 20.4 Å². The Morgan fingerprint density at radius 1 is 0.483 bits per heavy atom. The molecule has 0 aliphatic heterocycles. The number of rotatable bonds is 10. The van der Waals surface area contributed by atoms with Crippen LogP contribution in [0.1, 0.15) is 198 Å². The summed E-state index contributed by atoms with van der Waals surface area (Å²) < 4.78 is 0. The van der Waals surface area contributed by atoms with Gasteiger partial charge in [-0.05, 0) is 183 Å². The minimum absolute atomic E-state index is 0.200. The maximum atomic E-state index is 11.3. The smallest absolute Gasteiger partial charge is 0.0757 e. The van der Waals surface area contributed by atoms with E-state index in [2.05, 4.69) is 81.4 Å². The van der Waals surface area contributed by atoms with Crippen LogP contribution in [0.15, 0.2) is 23.3 Å². The quantitative estimate of drug-likeness (QED) is 0.166. The summed E-state index contributed by atoms with van der Waals surface area (Å²) in [6, 6.07) is 0. The molecule has 58 heavy (non-hydrogen) atoms. The van der Waals surface area contributed by atoms with Crippen molar-refractivity contribution < 1.29 is 20.4 Å². The standard InChI is InChI=1S/2C27H46O2/c2*1-17(2)7-6-8-18(3)21-9-10-22-25-23(12-14-27(21,22)5)26(4)13-11-20(28)15-19(26)16-24(25)29/h2*16-18,20-25,28-29H,6-15H2,1-5H3/t18-,20+,21-,22+,23+,24?,25+,26+,27-;18-,20+,21-,22+,23+,24+,25+,26+,27-/m11/s1. The normalized spacial score (nSPS) is 47.9.